The van der Waals surface area contributed by atoms with Crippen molar-refractivity contribution in [3.8, 4) is 0 Å². The van der Waals surface area contributed by atoms with Gasteiger partial charge in [-0.2, -0.15) is 0 Å². The first kappa shape index (κ1) is 27.7. The van der Waals surface area contributed by atoms with Crippen LogP contribution in [0.1, 0.15) is 0 Å². The van der Waals surface area contributed by atoms with E-state index in [1.807, 2.05) is 0 Å². The maximum atomic E-state index is 9.96. The van der Waals surface area contributed by atoms with E-state index in [1.165, 1.54) is 0 Å². The SMILES string of the molecule is O=C(O)[C@@H](O)[C@H](O)[C@H](O)CO.O=C(O)[C@@H](O)[C@H](O)[C@H](O)CO.[Ca]. The van der Waals surface area contributed by atoms with E-state index in [-0.39, 0.29) is 37.7 Å². The van der Waals surface area contributed by atoms with Gasteiger partial charge in [-0.3, -0.25) is 0 Å². The molecule has 0 aromatic heterocycles. The number of aliphatic hydroxyl groups is 8. The summed E-state index contributed by atoms with van der Waals surface area (Å²) in [6, 6.07) is 0. The Labute approximate surface area is 159 Å². The van der Waals surface area contributed by atoms with Gasteiger partial charge in [0.05, 0.1) is 13.2 Å². The first-order valence-electron chi connectivity index (χ1n) is 5.76. The summed E-state index contributed by atoms with van der Waals surface area (Å²) >= 11 is 0. The fraction of sp³-hybridized carbons (Fsp3) is 0.800. The Morgan fingerprint density at radius 3 is 1.00 bits per heavy atom. The minimum Gasteiger partial charge on any atom is -0.479 e. The Morgan fingerprint density at radius 1 is 0.652 bits per heavy atom. The molecule has 13 heteroatoms. The zero-order valence-corrected chi connectivity index (χ0v) is 14.1. The van der Waals surface area contributed by atoms with Crippen molar-refractivity contribution in [1.82, 2.24) is 0 Å². The molecular weight excluding hydrogens is 352 g/mol. The second-order valence-electron chi connectivity index (χ2n) is 4.05. The molecule has 0 bridgehead atoms. The van der Waals surface area contributed by atoms with Gasteiger partial charge in [0, 0.05) is 37.7 Å². The number of aliphatic hydroxyl groups excluding tert-OH is 8. The molecule has 0 aliphatic carbocycles. The number of rotatable bonds is 8. The summed E-state index contributed by atoms with van der Waals surface area (Å²) in [6.45, 7) is -1.60. The summed E-state index contributed by atoms with van der Waals surface area (Å²) in [5.41, 5.74) is 0. The second-order valence-corrected chi connectivity index (χ2v) is 4.05. The van der Waals surface area contributed by atoms with E-state index in [4.69, 9.17) is 51.1 Å². The number of carbonyl (C=O) groups is 2. The van der Waals surface area contributed by atoms with E-state index >= 15 is 0 Å². The maximum Gasteiger partial charge on any atom is 0.335 e. The van der Waals surface area contributed by atoms with Gasteiger partial charge in [-0.15, -0.1) is 0 Å². The number of hydrogen-bond acceptors (Lipinski definition) is 10. The van der Waals surface area contributed by atoms with Crippen molar-refractivity contribution in [2.24, 2.45) is 0 Å². The molecule has 0 spiro atoms. The zero-order valence-electron chi connectivity index (χ0n) is 11.9. The minimum absolute atomic E-state index is 0. The summed E-state index contributed by atoms with van der Waals surface area (Å²) < 4.78 is 0. The van der Waals surface area contributed by atoms with Crippen molar-refractivity contribution >= 4 is 49.7 Å². The van der Waals surface area contributed by atoms with Crippen LogP contribution < -0.4 is 0 Å². The Bertz CT molecular complexity index is 308. The summed E-state index contributed by atoms with van der Waals surface area (Å²) in [4.78, 5) is 19.9. The monoisotopic (exact) mass is 372 g/mol. The van der Waals surface area contributed by atoms with Crippen LogP contribution in [0, 0.1) is 0 Å². The topological polar surface area (TPSA) is 236 Å². The van der Waals surface area contributed by atoms with E-state index in [0.717, 1.165) is 0 Å². The molecule has 0 saturated heterocycles. The van der Waals surface area contributed by atoms with Gasteiger partial charge in [0.15, 0.2) is 12.2 Å². The van der Waals surface area contributed by atoms with Crippen LogP contribution in [0.25, 0.3) is 0 Å². The summed E-state index contributed by atoms with van der Waals surface area (Å²) in [5, 5.41) is 84.5. The molecule has 6 atom stereocenters. The van der Waals surface area contributed by atoms with E-state index in [1.54, 1.807) is 0 Å². The molecule has 0 heterocycles. The van der Waals surface area contributed by atoms with Crippen molar-refractivity contribution in [1.29, 1.82) is 0 Å². The predicted molar refractivity (Wildman–Crippen MR) is 71.2 cm³/mol. The molecule has 0 saturated carbocycles. The molecule has 0 fully saturated rings. The third-order valence-corrected chi connectivity index (χ3v) is 2.32. The van der Waals surface area contributed by atoms with Gasteiger partial charge in [0.1, 0.15) is 24.4 Å². The minimum atomic E-state index is -2.07. The van der Waals surface area contributed by atoms with Crippen LogP contribution in [0.2, 0.25) is 0 Å². The van der Waals surface area contributed by atoms with E-state index in [2.05, 4.69) is 0 Å². The van der Waals surface area contributed by atoms with Crippen LogP contribution in [0.3, 0.4) is 0 Å². The van der Waals surface area contributed by atoms with Crippen LogP contribution in [0.15, 0.2) is 0 Å². The van der Waals surface area contributed by atoms with Crippen molar-refractivity contribution in [3.63, 3.8) is 0 Å². The average Bonchev–Trinajstić information content (AvgIpc) is 2.50. The Balaban J connectivity index is -0.000000333. The molecular formula is C10H20CaO12. The van der Waals surface area contributed by atoms with E-state index < -0.39 is 61.8 Å². The van der Waals surface area contributed by atoms with Crippen molar-refractivity contribution < 1.29 is 60.7 Å². The van der Waals surface area contributed by atoms with Gasteiger partial charge in [-0.05, 0) is 0 Å². The first-order valence-corrected chi connectivity index (χ1v) is 5.76. The zero-order chi connectivity index (χ0) is 18.0. The number of hydrogen-bond donors (Lipinski definition) is 10. The third kappa shape index (κ3) is 11.1. The average molecular weight is 372 g/mol. The summed E-state index contributed by atoms with van der Waals surface area (Å²) in [6.07, 6.45) is -11.1. The molecule has 23 heavy (non-hydrogen) atoms. The molecule has 0 aromatic carbocycles. The van der Waals surface area contributed by atoms with Gasteiger partial charge in [-0.25, -0.2) is 9.59 Å². The number of aliphatic carboxylic acids is 2. The molecule has 0 rings (SSSR count). The van der Waals surface area contributed by atoms with Crippen LogP contribution in [-0.4, -0.2) is 151 Å². The fourth-order valence-electron chi connectivity index (χ4n) is 0.929. The quantitative estimate of drug-likeness (QED) is 0.179. The van der Waals surface area contributed by atoms with Crippen LogP contribution >= 0.6 is 0 Å². The van der Waals surface area contributed by atoms with Crippen molar-refractivity contribution in [2.75, 3.05) is 13.2 Å². The van der Waals surface area contributed by atoms with Gasteiger partial charge < -0.3 is 51.1 Å². The predicted octanol–water partition coefficient (Wildman–Crippen LogP) is -6.09. The van der Waals surface area contributed by atoms with Gasteiger partial charge in [0.2, 0.25) is 0 Å². The molecule has 0 unspecified atom stereocenters. The largest absolute Gasteiger partial charge is 0.479 e. The molecule has 10 N–H and O–H groups in total. The smallest absolute Gasteiger partial charge is 0.335 e. The van der Waals surface area contributed by atoms with Gasteiger partial charge in [-0.1, -0.05) is 0 Å². The molecule has 0 amide bonds. The summed E-state index contributed by atoms with van der Waals surface area (Å²) in [7, 11) is 0. The van der Waals surface area contributed by atoms with Crippen molar-refractivity contribution in [3.05, 3.63) is 0 Å². The number of carboxylic acid groups (broad SMARTS) is 2. The van der Waals surface area contributed by atoms with E-state index in [9.17, 15) is 9.59 Å². The Hall–Kier alpha value is -0.120. The second kappa shape index (κ2) is 14.2. The van der Waals surface area contributed by atoms with Crippen LogP contribution in [-0.2, 0) is 9.59 Å². The maximum absolute atomic E-state index is 9.96. The van der Waals surface area contributed by atoms with Crippen molar-refractivity contribution in [2.45, 2.75) is 36.6 Å². The third-order valence-electron chi connectivity index (χ3n) is 2.32. The molecule has 0 aromatic rings. The Kier molecular flexibility index (Phi) is 17.2. The first-order chi connectivity index (χ1) is 10.0. The molecule has 0 aliphatic rings. The molecule has 0 aliphatic heterocycles. The molecule has 2 radical (unpaired) electrons. The Morgan fingerprint density at radius 2 is 0.870 bits per heavy atom. The fourth-order valence-corrected chi connectivity index (χ4v) is 0.929. The van der Waals surface area contributed by atoms with Crippen LogP contribution in [0.4, 0.5) is 0 Å². The standard InChI is InChI=1S/2C5H10O6.Ca/c2*6-1-2(7)3(8)4(9)5(10)11;/h2*2-4,6-9H,1H2,(H,10,11);/t2*2-,3-,4+;/m11./s1. The number of carboxylic acids is 2. The van der Waals surface area contributed by atoms with Gasteiger partial charge in [0.25, 0.3) is 0 Å². The van der Waals surface area contributed by atoms with E-state index in [0.29, 0.717) is 0 Å². The normalized spacial score (nSPS) is 18.1. The summed E-state index contributed by atoms with van der Waals surface area (Å²) in [5.74, 6) is -3.30. The van der Waals surface area contributed by atoms with Crippen LogP contribution in [0.5, 0.6) is 0 Å². The molecule has 12 nitrogen and oxygen atoms in total. The van der Waals surface area contributed by atoms with Gasteiger partial charge >= 0.3 is 11.9 Å². The molecule has 134 valence electrons.